The Kier molecular flexibility index (Phi) is 8.81. The number of para-hydroxylation sites is 2. The topological polar surface area (TPSA) is 134 Å². The number of benzene rings is 3. The van der Waals surface area contributed by atoms with Gasteiger partial charge in [-0.25, -0.2) is 4.79 Å². The lowest BCUT2D eigenvalue weighted by Crippen LogP contribution is -2.48. The number of fused-ring (bicyclic) bond motifs is 1. The van der Waals surface area contributed by atoms with Gasteiger partial charge in [0, 0.05) is 19.4 Å². The summed E-state index contributed by atoms with van der Waals surface area (Å²) in [6, 6.07) is 21.0. The van der Waals surface area contributed by atoms with Gasteiger partial charge >= 0.3 is 6.09 Å². The molecule has 10 heteroatoms. The fourth-order valence-electron chi connectivity index (χ4n) is 4.35. The van der Waals surface area contributed by atoms with Gasteiger partial charge in [0.05, 0.1) is 22.5 Å². The number of imide groups is 1. The summed E-state index contributed by atoms with van der Waals surface area (Å²) in [6.07, 6.45) is -0.563. The van der Waals surface area contributed by atoms with E-state index < -0.39 is 41.4 Å². The average Bonchev–Trinajstić information content (AvgIpc) is 3.17. The molecule has 41 heavy (non-hydrogen) atoms. The highest BCUT2D eigenvalue weighted by Crippen LogP contribution is 2.28. The molecule has 10 nitrogen and oxygen atoms in total. The van der Waals surface area contributed by atoms with Crippen molar-refractivity contribution in [2.24, 2.45) is 0 Å². The average molecular weight is 557 g/mol. The summed E-state index contributed by atoms with van der Waals surface area (Å²) in [4.78, 5) is 65.7. The quantitative estimate of drug-likeness (QED) is 0.335. The van der Waals surface area contributed by atoms with E-state index in [-0.39, 0.29) is 30.5 Å². The van der Waals surface area contributed by atoms with Gasteiger partial charge in [-0.05, 0) is 50.6 Å². The van der Waals surface area contributed by atoms with Gasteiger partial charge in [0.25, 0.3) is 11.8 Å². The molecule has 3 N–H and O–H groups in total. The summed E-state index contributed by atoms with van der Waals surface area (Å²) in [6.45, 7) is 5.27. The Morgan fingerprint density at radius 1 is 0.780 bits per heavy atom. The van der Waals surface area contributed by atoms with Crippen LogP contribution in [0.4, 0.5) is 16.2 Å². The molecule has 0 radical (unpaired) electrons. The molecule has 1 unspecified atom stereocenters. The third-order valence-electron chi connectivity index (χ3n) is 6.19. The van der Waals surface area contributed by atoms with E-state index >= 15 is 0 Å². The first-order chi connectivity index (χ1) is 19.5. The normalized spacial score (nSPS) is 13.3. The Morgan fingerprint density at radius 2 is 1.32 bits per heavy atom. The van der Waals surface area contributed by atoms with Crippen LogP contribution >= 0.6 is 0 Å². The van der Waals surface area contributed by atoms with Crippen LogP contribution < -0.4 is 16.0 Å². The second kappa shape index (κ2) is 12.5. The molecular weight excluding hydrogens is 524 g/mol. The SMILES string of the molecule is CC(C)(C)OC(=O)NCCC(=O)Nc1ccccc1NC(=O)C(Cc1ccccc1)N1C(=O)c2ccccc2C1=O. The van der Waals surface area contributed by atoms with Gasteiger partial charge in [0.1, 0.15) is 11.6 Å². The fraction of sp³-hybridized carbons (Fsp3) is 0.258. The molecule has 3 aromatic carbocycles. The standard InChI is InChI=1S/C31H32N4O6/c1-31(2,3)41-30(40)32-18-17-26(36)33-23-15-9-10-16-24(23)34-27(37)25(19-20-11-5-4-6-12-20)35-28(38)21-13-7-8-14-22(21)29(35)39/h4-16,25H,17-19H2,1-3H3,(H,32,40)(H,33,36)(H,34,37). The largest absolute Gasteiger partial charge is 0.444 e. The Balaban J connectivity index is 1.48. The van der Waals surface area contributed by atoms with E-state index in [9.17, 15) is 24.0 Å². The van der Waals surface area contributed by atoms with Crippen LogP contribution in [0.2, 0.25) is 0 Å². The highest BCUT2D eigenvalue weighted by atomic mass is 16.6. The zero-order chi connectivity index (χ0) is 29.6. The molecule has 0 aromatic heterocycles. The smallest absolute Gasteiger partial charge is 0.407 e. The lowest BCUT2D eigenvalue weighted by molar-refractivity contribution is -0.120. The second-order valence-corrected chi connectivity index (χ2v) is 10.5. The predicted octanol–water partition coefficient (Wildman–Crippen LogP) is 4.39. The number of hydrogen-bond donors (Lipinski definition) is 3. The summed E-state index contributed by atoms with van der Waals surface area (Å²) < 4.78 is 5.16. The molecule has 0 aliphatic carbocycles. The highest BCUT2D eigenvalue weighted by Gasteiger charge is 2.42. The van der Waals surface area contributed by atoms with Crippen LogP contribution in [0.3, 0.4) is 0 Å². The van der Waals surface area contributed by atoms with Crippen molar-refractivity contribution in [3.63, 3.8) is 0 Å². The van der Waals surface area contributed by atoms with Crippen molar-refractivity contribution in [2.45, 2.75) is 45.3 Å². The van der Waals surface area contributed by atoms with Gasteiger partial charge in [0.2, 0.25) is 11.8 Å². The number of hydrogen-bond acceptors (Lipinski definition) is 6. The van der Waals surface area contributed by atoms with E-state index in [2.05, 4.69) is 16.0 Å². The molecule has 4 rings (SSSR count). The molecule has 212 valence electrons. The van der Waals surface area contributed by atoms with Crippen LogP contribution in [-0.2, 0) is 20.7 Å². The Bertz CT molecular complexity index is 1430. The van der Waals surface area contributed by atoms with Gasteiger partial charge in [-0.15, -0.1) is 0 Å². The monoisotopic (exact) mass is 556 g/mol. The molecule has 1 heterocycles. The maximum Gasteiger partial charge on any atom is 0.407 e. The molecule has 0 spiro atoms. The first kappa shape index (κ1) is 29.0. The number of carbonyl (C=O) groups is 5. The number of rotatable bonds is 9. The van der Waals surface area contributed by atoms with E-state index in [1.54, 1.807) is 69.3 Å². The molecule has 3 aromatic rings. The van der Waals surface area contributed by atoms with Gasteiger partial charge in [-0.2, -0.15) is 0 Å². The third kappa shape index (κ3) is 7.36. The maximum atomic E-state index is 13.7. The van der Waals surface area contributed by atoms with Crippen molar-refractivity contribution < 1.29 is 28.7 Å². The molecule has 0 fully saturated rings. The van der Waals surface area contributed by atoms with Gasteiger partial charge < -0.3 is 20.7 Å². The number of ether oxygens (including phenoxy) is 1. The van der Waals surface area contributed by atoms with E-state index in [0.29, 0.717) is 11.4 Å². The molecule has 1 atom stereocenters. The molecule has 0 saturated heterocycles. The Hall–Kier alpha value is -4.99. The van der Waals surface area contributed by atoms with Crippen molar-refractivity contribution in [2.75, 3.05) is 17.2 Å². The number of carbonyl (C=O) groups excluding carboxylic acids is 5. The van der Waals surface area contributed by atoms with Crippen LogP contribution in [0.15, 0.2) is 78.9 Å². The van der Waals surface area contributed by atoms with Crippen molar-refractivity contribution in [3.05, 3.63) is 95.6 Å². The van der Waals surface area contributed by atoms with Crippen LogP contribution in [0.5, 0.6) is 0 Å². The minimum Gasteiger partial charge on any atom is -0.444 e. The fourth-order valence-corrected chi connectivity index (χ4v) is 4.35. The van der Waals surface area contributed by atoms with Crippen molar-refractivity contribution in [1.29, 1.82) is 0 Å². The molecule has 1 aliphatic rings. The Labute approximate surface area is 238 Å². The van der Waals surface area contributed by atoms with E-state index in [1.165, 1.54) is 0 Å². The number of alkyl carbamates (subject to hydrolysis) is 1. The van der Waals surface area contributed by atoms with Gasteiger partial charge in [-0.1, -0.05) is 54.6 Å². The molecule has 0 saturated carbocycles. The maximum absolute atomic E-state index is 13.7. The molecule has 0 bridgehead atoms. The van der Waals surface area contributed by atoms with Crippen molar-refractivity contribution in [3.8, 4) is 0 Å². The van der Waals surface area contributed by atoms with E-state index in [0.717, 1.165) is 10.5 Å². The van der Waals surface area contributed by atoms with Crippen LogP contribution in [-0.4, -0.2) is 52.8 Å². The number of amides is 5. The predicted molar refractivity (Wildman–Crippen MR) is 153 cm³/mol. The first-order valence-corrected chi connectivity index (χ1v) is 13.2. The first-order valence-electron chi connectivity index (χ1n) is 13.2. The minimum absolute atomic E-state index is 0.0345. The second-order valence-electron chi connectivity index (χ2n) is 10.5. The zero-order valence-corrected chi connectivity index (χ0v) is 23.1. The van der Waals surface area contributed by atoms with Crippen LogP contribution in [0.25, 0.3) is 0 Å². The van der Waals surface area contributed by atoms with Gasteiger partial charge in [-0.3, -0.25) is 24.1 Å². The lowest BCUT2D eigenvalue weighted by Gasteiger charge is -2.26. The zero-order valence-electron chi connectivity index (χ0n) is 23.1. The summed E-state index contributed by atoms with van der Waals surface area (Å²) in [5.74, 6) is -2.07. The van der Waals surface area contributed by atoms with Gasteiger partial charge in [0.15, 0.2) is 0 Å². The number of nitrogens with zero attached hydrogens (tertiary/aromatic N) is 1. The van der Waals surface area contributed by atoms with Crippen LogP contribution in [0, 0.1) is 0 Å². The number of anilines is 2. The number of nitrogens with one attached hydrogen (secondary N) is 3. The lowest BCUT2D eigenvalue weighted by atomic mass is 10.0. The van der Waals surface area contributed by atoms with Crippen LogP contribution in [0.1, 0.15) is 53.5 Å². The summed E-state index contributed by atoms with van der Waals surface area (Å²) in [7, 11) is 0. The Morgan fingerprint density at radius 3 is 1.90 bits per heavy atom. The van der Waals surface area contributed by atoms with E-state index in [1.807, 2.05) is 30.3 Å². The van der Waals surface area contributed by atoms with E-state index in [4.69, 9.17) is 4.74 Å². The molecule has 5 amide bonds. The third-order valence-corrected chi connectivity index (χ3v) is 6.19. The summed E-state index contributed by atoms with van der Waals surface area (Å²) in [5, 5.41) is 8.05. The minimum atomic E-state index is -1.15. The van der Waals surface area contributed by atoms with Crippen molar-refractivity contribution in [1.82, 2.24) is 10.2 Å². The molecular formula is C31H32N4O6. The molecule has 1 aliphatic heterocycles. The summed E-state index contributed by atoms with van der Waals surface area (Å²) >= 11 is 0. The van der Waals surface area contributed by atoms with Crippen molar-refractivity contribution >= 4 is 41.1 Å². The highest BCUT2D eigenvalue weighted by molar-refractivity contribution is 6.23. The summed E-state index contributed by atoms with van der Waals surface area (Å²) in [5.41, 5.74) is 1.22.